The second kappa shape index (κ2) is 8.70. The van der Waals surface area contributed by atoms with Crippen LogP contribution in [0.3, 0.4) is 0 Å². The highest BCUT2D eigenvalue weighted by Gasteiger charge is 2.35. The fraction of sp³-hybridized carbons (Fsp3) is 0.200. The minimum Gasteiger partial charge on any atom is -0.459 e. The number of nitrogens with zero attached hydrogens (tertiary/aromatic N) is 3. The van der Waals surface area contributed by atoms with Crippen molar-refractivity contribution in [2.45, 2.75) is 0 Å². The van der Waals surface area contributed by atoms with E-state index in [0.717, 1.165) is 0 Å². The second-order valence-electron chi connectivity index (χ2n) is 6.88. The van der Waals surface area contributed by atoms with Crippen molar-refractivity contribution in [1.29, 1.82) is 0 Å². The highest BCUT2D eigenvalue weighted by Crippen LogP contribution is 2.28. The van der Waals surface area contributed by atoms with Crippen LogP contribution in [-0.2, 0) is 9.59 Å². The summed E-state index contributed by atoms with van der Waals surface area (Å²) in [5.74, 6) is -1.09. The molecule has 0 radical (unpaired) electrons. The normalized spacial score (nSPS) is 18.6. The highest BCUT2D eigenvalue weighted by molar-refractivity contribution is 7.80. The fourth-order valence-corrected chi connectivity index (χ4v) is 4.14. The smallest absolute Gasteiger partial charge is 0.289 e. The molecule has 2 fully saturated rings. The van der Waals surface area contributed by atoms with Crippen molar-refractivity contribution < 1.29 is 18.8 Å². The number of hydrogen-bond donors (Lipinski definition) is 1. The fourth-order valence-electron chi connectivity index (χ4n) is 3.34. The summed E-state index contributed by atoms with van der Waals surface area (Å²) in [6, 6.07) is 7.87. The Morgan fingerprint density at radius 1 is 1.10 bits per heavy atom. The van der Waals surface area contributed by atoms with Gasteiger partial charge in [-0.2, -0.15) is 0 Å². The van der Waals surface area contributed by atoms with Gasteiger partial charge in [-0.25, -0.2) is 0 Å². The van der Waals surface area contributed by atoms with E-state index >= 15 is 0 Å². The molecule has 0 atom stereocenters. The zero-order valence-corrected chi connectivity index (χ0v) is 18.3. The van der Waals surface area contributed by atoms with Gasteiger partial charge in [0, 0.05) is 42.4 Å². The zero-order chi connectivity index (χ0) is 22.1. The third kappa shape index (κ3) is 4.43. The molecule has 2 aliphatic rings. The quantitative estimate of drug-likeness (QED) is 0.414. The van der Waals surface area contributed by atoms with Gasteiger partial charge in [-0.05, 0) is 42.5 Å². The van der Waals surface area contributed by atoms with Crippen molar-refractivity contribution in [1.82, 2.24) is 15.1 Å². The molecule has 31 heavy (non-hydrogen) atoms. The SMILES string of the molecule is O=C1NC(=S)N(c2cc(Cl)cc(Cl)c2)C(=O)C1=CN1CCN(C(=O)c2ccco2)CC1. The van der Waals surface area contributed by atoms with Crippen LogP contribution >= 0.6 is 35.4 Å². The molecule has 0 bridgehead atoms. The van der Waals surface area contributed by atoms with Crippen molar-refractivity contribution in [2.75, 3.05) is 31.1 Å². The maximum absolute atomic E-state index is 13.1. The van der Waals surface area contributed by atoms with Gasteiger partial charge in [-0.15, -0.1) is 0 Å². The van der Waals surface area contributed by atoms with Gasteiger partial charge < -0.3 is 14.2 Å². The average molecular weight is 479 g/mol. The van der Waals surface area contributed by atoms with Crippen molar-refractivity contribution >= 4 is 63.9 Å². The van der Waals surface area contributed by atoms with Gasteiger partial charge >= 0.3 is 0 Å². The lowest BCUT2D eigenvalue weighted by Crippen LogP contribution is -2.55. The third-order valence-electron chi connectivity index (χ3n) is 4.85. The molecule has 0 saturated carbocycles. The van der Waals surface area contributed by atoms with Crippen molar-refractivity contribution in [3.8, 4) is 0 Å². The van der Waals surface area contributed by atoms with E-state index in [4.69, 9.17) is 39.8 Å². The number of nitrogens with one attached hydrogen (secondary N) is 1. The summed E-state index contributed by atoms with van der Waals surface area (Å²) >= 11 is 17.3. The molecule has 2 aromatic rings. The summed E-state index contributed by atoms with van der Waals surface area (Å²) in [6.45, 7) is 1.74. The predicted octanol–water partition coefficient (Wildman–Crippen LogP) is 2.68. The molecular weight excluding hydrogens is 463 g/mol. The first-order valence-corrected chi connectivity index (χ1v) is 10.4. The summed E-state index contributed by atoms with van der Waals surface area (Å²) < 4.78 is 5.15. The first-order valence-electron chi connectivity index (χ1n) is 9.28. The van der Waals surface area contributed by atoms with Crippen molar-refractivity contribution in [2.24, 2.45) is 0 Å². The van der Waals surface area contributed by atoms with E-state index in [0.29, 0.717) is 41.9 Å². The Kier molecular flexibility index (Phi) is 5.99. The molecular formula is C20H16Cl2N4O4S. The lowest BCUT2D eigenvalue weighted by Gasteiger charge is -2.35. The number of thiocarbonyl (C=S) groups is 1. The maximum Gasteiger partial charge on any atom is 0.289 e. The average Bonchev–Trinajstić information content (AvgIpc) is 3.25. The summed E-state index contributed by atoms with van der Waals surface area (Å²) in [5.41, 5.74) is 0.280. The van der Waals surface area contributed by atoms with Gasteiger partial charge in [0.05, 0.1) is 12.0 Å². The zero-order valence-electron chi connectivity index (χ0n) is 16.0. The van der Waals surface area contributed by atoms with Crippen LogP contribution in [0, 0.1) is 0 Å². The van der Waals surface area contributed by atoms with E-state index in [-0.39, 0.29) is 22.4 Å². The molecule has 11 heteroatoms. The third-order valence-corrected chi connectivity index (χ3v) is 5.57. The topological polar surface area (TPSA) is 86.1 Å². The molecule has 3 amide bonds. The number of anilines is 1. The Hall–Kier alpha value is -2.88. The number of carbonyl (C=O) groups excluding carboxylic acids is 3. The molecule has 160 valence electrons. The largest absolute Gasteiger partial charge is 0.459 e. The monoisotopic (exact) mass is 478 g/mol. The van der Waals surface area contributed by atoms with E-state index in [9.17, 15) is 14.4 Å². The van der Waals surface area contributed by atoms with Gasteiger partial charge in [0.1, 0.15) is 5.57 Å². The van der Waals surface area contributed by atoms with Gasteiger partial charge in [0.2, 0.25) is 0 Å². The second-order valence-corrected chi connectivity index (χ2v) is 8.14. The van der Waals surface area contributed by atoms with Gasteiger partial charge in [0.15, 0.2) is 10.9 Å². The number of carbonyl (C=O) groups is 3. The molecule has 1 aromatic heterocycles. The van der Waals surface area contributed by atoms with E-state index in [2.05, 4.69) is 5.32 Å². The molecule has 0 spiro atoms. The Morgan fingerprint density at radius 2 is 1.77 bits per heavy atom. The van der Waals surface area contributed by atoms with Crippen molar-refractivity contribution in [3.05, 3.63) is 64.2 Å². The predicted molar refractivity (Wildman–Crippen MR) is 119 cm³/mol. The van der Waals surface area contributed by atoms with Crippen LogP contribution in [0.15, 0.2) is 52.8 Å². The number of amides is 3. The van der Waals surface area contributed by atoms with Crippen LogP contribution in [-0.4, -0.2) is 58.8 Å². The van der Waals surface area contributed by atoms with Crippen LogP contribution in [0.25, 0.3) is 0 Å². The minimum atomic E-state index is -0.589. The van der Waals surface area contributed by atoms with Crippen LogP contribution in [0.2, 0.25) is 10.0 Å². The molecule has 1 aromatic carbocycles. The van der Waals surface area contributed by atoms with Crippen molar-refractivity contribution in [3.63, 3.8) is 0 Å². The summed E-state index contributed by atoms with van der Waals surface area (Å²) in [7, 11) is 0. The van der Waals surface area contributed by atoms with Crippen LogP contribution in [0.1, 0.15) is 10.6 Å². The van der Waals surface area contributed by atoms with Gasteiger partial charge in [-0.3, -0.25) is 24.6 Å². The van der Waals surface area contributed by atoms with Gasteiger partial charge in [0.25, 0.3) is 17.7 Å². The Balaban J connectivity index is 1.50. The number of hydrogen-bond acceptors (Lipinski definition) is 6. The molecule has 8 nitrogen and oxygen atoms in total. The molecule has 3 heterocycles. The summed E-state index contributed by atoms with van der Waals surface area (Å²) in [4.78, 5) is 42.6. The molecule has 4 rings (SSSR count). The molecule has 1 N–H and O–H groups in total. The summed E-state index contributed by atoms with van der Waals surface area (Å²) in [6.07, 6.45) is 2.94. The number of furan rings is 1. The van der Waals surface area contributed by atoms with Gasteiger partial charge in [-0.1, -0.05) is 23.2 Å². The van der Waals surface area contributed by atoms with E-state index in [1.54, 1.807) is 17.0 Å². The van der Waals surface area contributed by atoms with E-state index in [1.807, 2.05) is 4.90 Å². The Morgan fingerprint density at radius 3 is 2.39 bits per heavy atom. The standard InChI is InChI=1S/C20H16Cl2N4O4S/c21-12-8-13(22)10-14(9-12)26-18(28)15(17(27)23-20(26)31)11-24-3-5-25(6-4-24)19(29)16-2-1-7-30-16/h1-2,7-11H,3-6H2,(H,23,27,31). The molecule has 0 aliphatic carbocycles. The van der Waals surface area contributed by atoms with Crippen LogP contribution in [0.4, 0.5) is 5.69 Å². The highest BCUT2D eigenvalue weighted by atomic mass is 35.5. The number of rotatable bonds is 3. The lowest BCUT2D eigenvalue weighted by molar-refractivity contribution is -0.122. The maximum atomic E-state index is 13.1. The number of piperazine rings is 1. The van der Waals surface area contributed by atoms with E-state index in [1.165, 1.54) is 35.6 Å². The number of benzene rings is 1. The van der Waals surface area contributed by atoms with Crippen LogP contribution in [0.5, 0.6) is 0 Å². The minimum absolute atomic E-state index is 0.0562. The van der Waals surface area contributed by atoms with Crippen LogP contribution < -0.4 is 10.2 Å². The number of halogens is 2. The Bertz CT molecular complexity index is 1070. The van der Waals surface area contributed by atoms with E-state index < -0.39 is 11.8 Å². The molecule has 2 saturated heterocycles. The first-order chi connectivity index (χ1) is 14.8. The first kappa shape index (κ1) is 21.4. The lowest BCUT2D eigenvalue weighted by atomic mass is 10.1. The summed E-state index contributed by atoms with van der Waals surface area (Å²) in [5, 5.41) is 3.13. The molecule has 2 aliphatic heterocycles. The molecule has 0 unspecified atom stereocenters. The Labute approximate surface area is 193 Å².